The van der Waals surface area contributed by atoms with Crippen LogP contribution in [0.3, 0.4) is 0 Å². The maximum atomic E-state index is 5.86. The molecule has 1 aromatic carbocycles. The number of benzene rings is 1. The number of nitrogens with zero attached hydrogens (tertiary/aromatic N) is 1. The van der Waals surface area contributed by atoms with Crippen LogP contribution in [-0.4, -0.2) is 7.05 Å². The van der Waals surface area contributed by atoms with Crippen molar-refractivity contribution < 1.29 is 4.74 Å². The Hall–Kier alpha value is -1.70. The zero-order chi connectivity index (χ0) is 10.3. The molecule has 0 amide bonds. The number of rotatable bonds is 0. The number of hydrogen-bond donors (Lipinski definition) is 0. The van der Waals surface area contributed by atoms with Crippen molar-refractivity contribution in [2.45, 2.75) is 12.8 Å². The lowest BCUT2D eigenvalue weighted by Gasteiger charge is -2.33. The molecule has 76 valence electrons. The van der Waals surface area contributed by atoms with Crippen LogP contribution in [0.1, 0.15) is 12.8 Å². The first-order chi connectivity index (χ1) is 7.36. The predicted octanol–water partition coefficient (Wildman–Crippen LogP) is 3.08. The summed E-state index contributed by atoms with van der Waals surface area (Å²) in [6.07, 6.45) is 6.59. The molecule has 3 rings (SSSR count). The Morgan fingerprint density at radius 3 is 2.87 bits per heavy atom. The van der Waals surface area contributed by atoms with Gasteiger partial charge in [0.05, 0.1) is 11.4 Å². The van der Waals surface area contributed by atoms with Crippen molar-refractivity contribution in [3.8, 4) is 5.75 Å². The van der Waals surface area contributed by atoms with Gasteiger partial charge in [-0.1, -0.05) is 18.2 Å². The lowest BCUT2D eigenvalue weighted by Crippen LogP contribution is -2.26. The molecule has 0 fully saturated rings. The highest BCUT2D eigenvalue weighted by molar-refractivity contribution is 5.67. The predicted molar refractivity (Wildman–Crippen MR) is 60.9 cm³/mol. The van der Waals surface area contributed by atoms with Crippen molar-refractivity contribution in [3.05, 3.63) is 47.9 Å². The molecule has 0 radical (unpaired) electrons. The highest BCUT2D eigenvalue weighted by Gasteiger charge is 2.24. The summed E-state index contributed by atoms with van der Waals surface area (Å²) in [5, 5.41) is 0. The van der Waals surface area contributed by atoms with Crippen LogP contribution in [0.15, 0.2) is 47.9 Å². The molecule has 1 aliphatic heterocycles. The normalized spacial score (nSPS) is 18.3. The zero-order valence-corrected chi connectivity index (χ0v) is 8.73. The van der Waals surface area contributed by atoms with Crippen LogP contribution in [0.25, 0.3) is 0 Å². The van der Waals surface area contributed by atoms with Crippen LogP contribution < -0.4 is 9.64 Å². The highest BCUT2D eigenvalue weighted by atomic mass is 16.5. The van der Waals surface area contributed by atoms with E-state index in [-0.39, 0.29) is 0 Å². The molecule has 1 aliphatic carbocycles. The SMILES string of the molecule is CN1C2=CCCC=C2Oc2ccccc21. The van der Waals surface area contributed by atoms with E-state index < -0.39 is 0 Å². The monoisotopic (exact) mass is 199 g/mol. The molecule has 0 bridgehead atoms. The minimum atomic E-state index is 0.949. The van der Waals surface area contributed by atoms with Gasteiger partial charge in [0.2, 0.25) is 0 Å². The number of fused-ring (bicyclic) bond motifs is 2. The van der Waals surface area contributed by atoms with Gasteiger partial charge in [0.25, 0.3) is 0 Å². The summed E-state index contributed by atoms with van der Waals surface area (Å²) in [5.41, 5.74) is 2.34. The molecule has 0 aromatic heterocycles. The number of para-hydroxylation sites is 2. The molecule has 0 saturated carbocycles. The standard InChI is InChI=1S/C13H13NO/c1-14-10-6-2-4-8-12(10)15-13-9-5-3-7-11(13)14/h2,4,6-9H,3,5H2,1H3. The van der Waals surface area contributed by atoms with Crippen molar-refractivity contribution in [2.75, 3.05) is 11.9 Å². The van der Waals surface area contributed by atoms with E-state index in [1.54, 1.807) is 0 Å². The quantitative estimate of drug-likeness (QED) is 0.636. The van der Waals surface area contributed by atoms with Gasteiger partial charge in [-0.05, 0) is 31.1 Å². The lowest BCUT2D eigenvalue weighted by molar-refractivity contribution is 0.415. The van der Waals surface area contributed by atoms with E-state index in [0.717, 1.165) is 30.0 Å². The average molecular weight is 199 g/mol. The van der Waals surface area contributed by atoms with Gasteiger partial charge in [0, 0.05) is 7.05 Å². The van der Waals surface area contributed by atoms with Crippen LogP contribution >= 0.6 is 0 Å². The molecule has 1 aromatic rings. The molecule has 2 heteroatoms. The van der Waals surface area contributed by atoms with E-state index >= 15 is 0 Å². The first-order valence-electron chi connectivity index (χ1n) is 5.27. The fourth-order valence-corrected chi connectivity index (χ4v) is 2.10. The molecule has 15 heavy (non-hydrogen) atoms. The number of hydrogen-bond acceptors (Lipinski definition) is 2. The van der Waals surface area contributed by atoms with E-state index in [1.807, 2.05) is 18.2 Å². The fourth-order valence-electron chi connectivity index (χ4n) is 2.10. The molecular weight excluding hydrogens is 186 g/mol. The number of anilines is 1. The first-order valence-corrected chi connectivity index (χ1v) is 5.27. The van der Waals surface area contributed by atoms with Crippen molar-refractivity contribution >= 4 is 5.69 Å². The number of ether oxygens (including phenoxy) is 1. The van der Waals surface area contributed by atoms with Crippen LogP contribution in [0.5, 0.6) is 5.75 Å². The Kier molecular flexibility index (Phi) is 1.81. The summed E-state index contributed by atoms with van der Waals surface area (Å²) in [7, 11) is 2.09. The van der Waals surface area contributed by atoms with E-state index in [2.05, 4.69) is 30.2 Å². The van der Waals surface area contributed by atoms with Crippen molar-refractivity contribution in [2.24, 2.45) is 0 Å². The van der Waals surface area contributed by atoms with Gasteiger partial charge in [0.15, 0.2) is 5.75 Å². The topological polar surface area (TPSA) is 12.5 Å². The van der Waals surface area contributed by atoms with Crippen LogP contribution in [0.2, 0.25) is 0 Å². The number of likely N-dealkylation sites (N-methyl/N-ethyl adjacent to an activating group) is 1. The summed E-state index contributed by atoms with van der Waals surface area (Å²) >= 11 is 0. The second-order valence-corrected chi connectivity index (χ2v) is 3.86. The van der Waals surface area contributed by atoms with E-state index in [1.165, 1.54) is 5.70 Å². The van der Waals surface area contributed by atoms with Crippen LogP contribution in [-0.2, 0) is 0 Å². The van der Waals surface area contributed by atoms with Crippen molar-refractivity contribution in [1.82, 2.24) is 0 Å². The minimum absolute atomic E-state index is 0.949. The van der Waals surface area contributed by atoms with Gasteiger partial charge >= 0.3 is 0 Å². The van der Waals surface area contributed by atoms with Gasteiger partial charge in [-0.15, -0.1) is 0 Å². The van der Waals surface area contributed by atoms with Gasteiger partial charge in [0.1, 0.15) is 5.76 Å². The summed E-state index contributed by atoms with van der Waals surface area (Å²) in [6, 6.07) is 8.14. The molecule has 2 aliphatic rings. The Bertz CT molecular complexity index is 459. The fraction of sp³-hybridized carbons (Fsp3) is 0.231. The smallest absolute Gasteiger partial charge is 0.151 e. The Labute approximate surface area is 89.5 Å². The summed E-state index contributed by atoms with van der Waals surface area (Å²) < 4.78 is 5.86. The third-order valence-corrected chi connectivity index (χ3v) is 2.89. The van der Waals surface area contributed by atoms with Gasteiger partial charge < -0.3 is 9.64 Å². The largest absolute Gasteiger partial charge is 0.453 e. The Morgan fingerprint density at radius 1 is 1.13 bits per heavy atom. The molecule has 1 heterocycles. The van der Waals surface area contributed by atoms with E-state index in [4.69, 9.17) is 4.74 Å². The summed E-state index contributed by atoms with van der Waals surface area (Å²) in [5.74, 6) is 1.95. The molecule has 0 atom stereocenters. The molecule has 0 N–H and O–H groups in total. The molecule has 0 spiro atoms. The average Bonchev–Trinajstić information content (AvgIpc) is 2.30. The third kappa shape index (κ3) is 1.25. The minimum Gasteiger partial charge on any atom is -0.453 e. The third-order valence-electron chi connectivity index (χ3n) is 2.89. The summed E-state index contributed by atoms with van der Waals surface area (Å²) in [4.78, 5) is 2.20. The molecule has 0 saturated heterocycles. The van der Waals surface area contributed by atoms with E-state index in [0.29, 0.717) is 0 Å². The maximum absolute atomic E-state index is 5.86. The van der Waals surface area contributed by atoms with Crippen LogP contribution in [0, 0.1) is 0 Å². The number of allylic oxidation sites excluding steroid dienone is 2. The van der Waals surface area contributed by atoms with Gasteiger partial charge in [-0.25, -0.2) is 0 Å². The molecular formula is C13H13NO. The zero-order valence-electron chi connectivity index (χ0n) is 8.73. The van der Waals surface area contributed by atoms with Crippen LogP contribution in [0.4, 0.5) is 5.69 Å². The first kappa shape index (κ1) is 8.60. The Balaban J connectivity index is 2.14. The Morgan fingerprint density at radius 2 is 1.93 bits per heavy atom. The van der Waals surface area contributed by atoms with Crippen molar-refractivity contribution in [3.63, 3.8) is 0 Å². The molecule has 2 nitrogen and oxygen atoms in total. The second-order valence-electron chi connectivity index (χ2n) is 3.86. The molecule has 0 unspecified atom stereocenters. The maximum Gasteiger partial charge on any atom is 0.151 e. The van der Waals surface area contributed by atoms with E-state index in [9.17, 15) is 0 Å². The lowest BCUT2D eigenvalue weighted by atomic mass is 10.1. The van der Waals surface area contributed by atoms with Gasteiger partial charge in [-0.3, -0.25) is 0 Å². The van der Waals surface area contributed by atoms with Gasteiger partial charge in [-0.2, -0.15) is 0 Å². The summed E-state index contributed by atoms with van der Waals surface area (Å²) in [6.45, 7) is 0. The highest BCUT2D eigenvalue weighted by Crippen LogP contribution is 2.39. The second kappa shape index (κ2) is 3.16. The van der Waals surface area contributed by atoms with Crippen molar-refractivity contribution in [1.29, 1.82) is 0 Å².